The SMILES string of the molecule is CCc1c(Cl)nc(C)nc1N1CCCC(c2nncn2C(C)C)C1. The molecular formula is C17H25ClN6. The summed E-state index contributed by atoms with van der Waals surface area (Å²) in [6, 6.07) is 0.368. The van der Waals surface area contributed by atoms with E-state index in [1.54, 1.807) is 0 Å². The third-order valence-electron chi connectivity index (χ3n) is 4.64. The number of aryl methyl sites for hydroxylation is 1. The molecule has 1 unspecified atom stereocenters. The molecule has 1 aliphatic rings. The number of hydrogen-bond donors (Lipinski definition) is 0. The van der Waals surface area contributed by atoms with Gasteiger partial charge in [-0.15, -0.1) is 10.2 Å². The van der Waals surface area contributed by atoms with E-state index >= 15 is 0 Å². The molecule has 0 aliphatic carbocycles. The predicted octanol–water partition coefficient (Wildman–Crippen LogP) is 3.56. The van der Waals surface area contributed by atoms with Gasteiger partial charge in [0.05, 0.1) is 0 Å². The molecule has 130 valence electrons. The second-order valence-electron chi connectivity index (χ2n) is 6.69. The fourth-order valence-electron chi connectivity index (χ4n) is 3.44. The first-order chi connectivity index (χ1) is 11.5. The topological polar surface area (TPSA) is 59.7 Å². The Morgan fingerprint density at radius 1 is 1.33 bits per heavy atom. The van der Waals surface area contributed by atoms with Gasteiger partial charge in [0.1, 0.15) is 28.9 Å². The Bertz CT molecular complexity index is 711. The fraction of sp³-hybridized carbons (Fsp3) is 0.647. The molecule has 0 spiro atoms. The van der Waals surface area contributed by atoms with E-state index in [1.165, 1.54) is 0 Å². The molecule has 2 aromatic heterocycles. The third-order valence-corrected chi connectivity index (χ3v) is 4.96. The van der Waals surface area contributed by atoms with Crippen molar-refractivity contribution in [1.82, 2.24) is 24.7 Å². The zero-order valence-corrected chi connectivity index (χ0v) is 15.6. The number of anilines is 1. The quantitative estimate of drug-likeness (QED) is 0.791. The second kappa shape index (κ2) is 7.05. The minimum Gasteiger partial charge on any atom is -0.356 e. The highest BCUT2D eigenvalue weighted by Crippen LogP contribution is 2.32. The molecule has 2 aromatic rings. The van der Waals surface area contributed by atoms with Crippen LogP contribution in [-0.4, -0.2) is 37.8 Å². The Labute approximate surface area is 148 Å². The van der Waals surface area contributed by atoms with E-state index in [0.717, 1.165) is 55.4 Å². The summed E-state index contributed by atoms with van der Waals surface area (Å²) in [6.45, 7) is 10.2. The molecular weight excluding hydrogens is 324 g/mol. The molecule has 3 heterocycles. The Morgan fingerprint density at radius 2 is 2.12 bits per heavy atom. The van der Waals surface area contributed by atoms with Gasteiger partial charge in [-0.3, -0.25) is 0 Å². The van der Waals surface area contributed by atoms with Crippen LogP contribution in [-0.2, 0) is 6.42 Å². The molecule has 0 aromatic carbocycles. The summed E-state index contributed by atoms with van der Waals surface area (Å²) in [5, 5.41) is 9.10. The summed E-state index contributed by atoms with van der Waals surface area (Å²) in [7, 11) is 0. The van der Waals surface area contributed by atoms with Crippen molar-refractivity contribution in [3.8, 4) is 0 Å². The fourth-order valence-corrected chi connectivity index (χ4v) is 3.78. The van der Waals surface area contributed by atoms with Crippen LogP contribution in [0.2, 0.25) is 5.15 Å². The van der Waals surface area contributed by atoms with Gasteiger partial charge in [-0.1, -0.05) is 18.5 Å². The summed E-state index contributed by atoms with van der Waals surface area (Å²) in [5.74, 6) is 3.14. The van der Waals surface area contributed by atoms with Crippen LogP contribution < -0.4 is 4.90 Å². The molecule has 1 saturated heterocycles. The van der Waals surface area contributed by atoms with Gasteiger partial charge >= 0.3 is 0 Å². The maximum atomic E-state index is 6.35. The average Bonchev–Trinajstić information content (AvgIpc) is 3.04. The molecule has 1 fully saturated rings. The molecule has 0 saturated carbocycles. The van der Waals surface area contributed by atoms with Gasteiger partial charge in [-0.2, -0.15) is 0 Å². The smallest absolute Gasteiger partial charge is 0.138 e. The Morgan fingerprint density at radius 3 is 2.83 bits per heavy atom. The Kier molecular flexibility index (Phi) is 5.04. The minimum absolute atomic E-state index is 0.363. The lowest BCUT2D eigenvalue weighted by atomic mass is 9.96. The van der Waals surface area contributed by atoms with Crippen LogP contribution in [0.3, 0.4) is 0 Å². The lowest BCUT2D eigenvalue weighted by molar-refractivity contribution is 0.452. The van der Waals surface area contributed by atoms with Crippen molar-refractivity contribution >= 4 is 17.4 Å². The molecule has 24 heavy (non-hydrogen) atoms. The van der Waals surface area contributed by atoms with E-state index in [2.05, 4.69) is 50.4 Å². The number of rotatable bonds is 4. The van der Waals surface area contributed by atoms with E-state index in [9.17, 15) is 0 Å². The highest BCUT2D eigenvalue weighted by molar-refractivity contribution is 6.30. The molecule has 1 aliphatic heterocycles. The minimum atomic E-state index is 0.363. The van der Waals surface area contributed by atoms with Crippen molar-refractivity contribution in [2.75, 3.05) is 18.0 Å². The molecule has 1 atom stereocenters. The molecule has 0 N–H and O–H groups in total. The summed E-state index contributed by atoms with van der Waals surface area (Å²) in [5.41, 5.74) is 1.04. The van der Waals surface area contributed by atoms with E-state index < -0.39 is 0 Å². The van der Waals surface area contributed by atoms with Crippen LogP contribution in [0.15, 0.2) is 6.33 Å². The van der Waals surface area contributed by atoms with Crippen molar-refractivity contribution in [2.24, 2.45) is 0 Å². The first-order valence-corrected chi connectivity index (χ1v) is 9.06. The van der Waals surface area contributed by atoms with Crippen molar-refractivity contribution in [3.05, 3.63) is 28.7 Å². The standard InChI is InChI=1S/C17H25ClN6/c1-5-14-15(18)20-12(4)21-17(14)23-8-6-7-13(9-23)16-22-19-10-24(16)11(2)3/h10-11,13H,5-9H2,1-4H3. The van der Waals surface area contributed by atoms with Crippen LogP contribution in [0, 0.1) is 6.92 Å². The highest BCUT2D eigenvalue weighted by Gasteiger charge is 2.28. The number of aromatic nitrogens is 5. The average molecular weight is 349 g/mol. The molecule has 0 radical (unpaired) electrons. The molecule has 0 bridgehead atoms. The zero-order valence-electron chi connectivity index (χ0n) is 14.8. The van der Waals surface area contributed by atoms with Gasteiger partial charge in [0, 0.05) is 30.6 Å². The summed E-state index contributed by atoms with van der Waals surface area (Å²) in [6.07, 6.45) is 4.90. The number of piperidine rings is 1. The van der Waals surface area contributed by atoms with Crippen LogP contribution in [0.1, 0.15) is 62.8 Å². The maximum absolute atomic E-state index is 6.35. The molecule has 0 amide bonds. The van der Waals surface area contributed by atoms with E-state index in [4.69, 9.17) is 11.6 Å². The van der Waals surface area contributed by atoms with Crippen LogP contribution in [0.25, 0.3) is 0 Å². The van der Waals surface area contributed by atoms with Gasteiger partial charge in [-0.25, -0.2) is 9.97 Å². The maximum Gasteiger partial charge on any atom is 0.138 e. The molecule has 3 rings (SSSR count). The first kappa shape index (κ1) is 17.1. The second-order valence-corrected chi connectivity index (χ2v) is 7.05. The first-order valence-electron chi connectivity index (χ1n) is 8.68. The Balaban J connectivity index is 1.90. The number of hydrogen-bond acceptors (Lipinski definition) is 5. The molecule has 6 nitrogen and oxygen atoms in total. The third kappa shape index (κ3) is 3.24. The largest absolute Gasteiger partial charge is 0.356 e. The van der Waals surface area contributed by atoms with Crippen LogP contribution in [0.4, 0.5) is 5.82 Å². The van der Waals surface area contributed by atoms with E-state index in [0.29, 0.717) is 17.1 Å². The van der Waals surface area contributed by atoms with Gasteiger partial charge in [0.25, 0.3) is 0 Å². The van der Waals surface area contributed by atoms with Crippen LogP contribution in [0.5, 0.6) is 0 Å². The molecule has 7 heteroatoms. The Hall–Kier alpha value is -1.69. The normalized spacial score (nSPS) is 18.4. The van der Waals surface area contributed by atoms with Crippen molar-refractivity contribution in [1.29, 1.82) is 0 Å². The summed E-state index contributed by atoms with van der Waals surface area (Å²) >= 11 is 6.35. The van der Waals surface area contributed by atoms with Crippen molar-refractivity contribution in [2.45, 2.75) is 58.9 Å². The number of nitrogens with zero attached hydrogens (tertiary/aromatic N) is 6. The van der Waals surface area contributed by atoms with Crippen molar-refractivity contribution in [3.63, 3.8) is 0 Å². The predicted molar refractivity (Wildman–Crippen MR) is 95.8 cm³/mol. The lowest BCUT2D eigenvalue weighted by Gasteiger charge is -2.34. The van der Waals surface area contributed by atoms with Gasteiger partial charge in [0.2, 0.25) is 0 Å². The van der Waals surface area contributed by atoms with Gasteiger partial charge in [0.15, 0.2) is 0 Å². The monoisotopic (exact) mass is 348 g/mol. The number of halogens is 1. The van der Waals surface area contributed by atoms with E-state index in [1.807, 2.05) is 13.3 Å². The zero-order chi connectivity index (χ0) is 17.3. The van der Waals surface area contributed by atoms with E-state index in [-0.39, 0.29) is 0 Å². The van der Waals surface area contributed by atoms with Gasteiger partial charge in [-0.05, 0) is 40.0 Å². The summed E-state index contributed by atoms with van der Waals surface area (Å²) < 4.78 is 2.17. The van der Waals surface area contributed by atoms with Crippen LogP contribution >= 0.6 is 11.6 Å². The van der Waals surface area contributed by atoms with Crippen molar-refractivity contribution < 1.29 is 0 Å². The lowest BCUT2D eigenvalue weighted by Crippen LogP contribution is -2.37. The summed E-state index contributed by atoms with van der Waals surface area (Å²) in [4.78, 5) is 11.3. The highest BCUT2D eigenvalue weighted by atomic mass is 35.5. The van der Waals surface area contributed by atoms with Gasteiger partial charge < -0.3 is 9.47 Å².